The first-order valence-electron chi connectivity index (χ1n) is 9.71. The number of halogens is 1. The lowest BCUT2D eigenvalue weighted by Gasteiger charge is -2.22. The maximum atomic E-state index is 12.5. The van der Waals surface area contributed by atoms with Crippen LogP contribution in [0.1, 0.15) is 42.2 Å². The second-order valence-corrected chi connectivity index (χ2v) is 8.18. The summed E-state index contributed by atoms with van der Waals surface area (Å²) in [5.74, 6) is 2.80. The fraction of sp³-hybridized carbons (Fsp3) is 0.455. The first-order valence-corrected chi connectivity index (χ1v) is 10.1. The van der Waals surface area contributed by atoms with Crippen molar-refractivity contribution < 1.29 is 9.53 Å². The number of carbonyl (C=O) groups excluding carboxylic acids is 1. The molecule has 1 heterocycles. The van der Waals surface area contributed by atoms with Gasteiger partial charge in [0.1, 0.15) is 5.75 Å². The highest BCUT2D eigenvalue weighted by atomic mass is 35.5. The first kappa shape index (κ1) is 18.3. The van der Waals surface area contributed by atoms with Crippen molar-refractivity contribution in [1.82, 2.24) is 10.3 Å². The van der Waals surface area contributed by atoms with Crippen molar-refractivity contribution in [3.8, 4) is 5.75 Å². The number of nitrogens with zero attached hydrogens (tertiary/aromatic N) is 1. The lowest BCUT2D eigenvalue weighted by atomic mass is 10.00. The molecule has 0 bridgehead atoms. The summed E-state index contributed by atoms with van der Waals surface area (Å²) in [6.07, 6.45) is 5.17. The molecule has 142 valence electrons. The Morgan fingerprint density at radius 1 is 1.26 bits per heavy atom. The number of hydrogen-bond donors (Lipinski definition) is 1. The zero-order chi connectivity index (χ0) is 19.0. The van der Waals surface area contributed by atoms with E-state index < -0.39 is 0 Å². The van der Waals surface area contributed by atoms with Crippen LogP contribution in [-0.2, 0) is 0 Å². The summed E-state index contributed by atoms with van der Waals surface area (Å²) in [6, 6.07) is 11.2. The molecule has 0 radical (unpaired) electrons. The van der Waals surface area contributed by atoms with Crippen LogP contribution in [0.25, 0.3) is 0 Å². The maximum absolute atomic E-state index is 12.5. The number of amides is 1. The molecule has 1 amide bonds. The Hall–Kier alpha value is -2.07. The molecule has 0 unspecified atom stereocenters. The van der Waals surface area contributed by atoms with Gasteiger partial charge in [-0.3, -0.25) is 9.78 Å². The van der Waals surface area contributed by atoms with E-state index >= 15 is 0 Å². The van der Waals surface area contributed by atoms with Gasteiger partial charge in [0.05, 0.1) is 6.10 Å². The average molecular weight is 385 g/mol. The number of carbonyl (C=O) groups is 1. The van der Waals surface area contributed by atoms with Crippen molar-refractivity contribution in [2.24, 2.45) is 17.8 Å². The molecule has 5 heteroatoms. The third-order valence-corrected chi connectivity index (χ3v) is 6.22. The largest absolute Gasteiger partial charge is 0.490 e. The van der Waals surface area contributed by atoms with Gasteiger partial charge in [-0.1, -0.05) is 18.5 Å². The number of ether oxygens (including phenoxy) is 1. The molecule has 4 nitrogen and oxygen atoms in total. The Balaban J connectivity index is 1.31. The Kier molecular flexibility index (Phi) is 5.09. The highest BCUT2D eigenvalue weighted by Gasteiger charge is 2.59. The zero-order valence-electron chi connectivity index (χ0n) is 15.7. The average Bonchev–Trinajstić information content (AvgIpc) is 3.14. The van der Waals surface area contributed by atoms with E-state index in [1.165, 1.54) is 0 Å². The number of aryl methyl sites for hydroxylation is 1. The molecule has 2 aromatic rings. The van der Waals surface area contributed by atoms with E-state index in [-0.39, 0.29) is 18.1 Å². The summed E-state index contributed by atoms with van der Waals surface area (Å²) in [5, 5.41) is 3.88. The van der Waals surface area contributed by atoms with Gasteiger partial charge in [-0.2, -0.15) is 0 Å². The molecule has 27 heavy (non-hydrogen) atoms. The third kappa shape index (κ3) is 3.96. The molecule has 4 rings (SSSR count). The summed E-state index contributed by atoms with van der Waals surface area (Å²) in [5.41, 5.74) is 1.64. The van der Waals surface area contributed by atoms with E-state index in [9.17, 15) is 4.79 Å². The second kappa shape index (κ2) is 7.51. The van der Waals surface area contributed by atoms with Crippen molar-refractivity contribution in [2.45, 2.75) is 45.3 Å². The molecule has 2 saturated carbocycles. The van der Waals surface area contributed by atoms with Crippen LogP contribution in [0, 0.1) is 24.7 Å². The Morgan fingerprint density at radius 3 is 2.59 bits per heavy atom. The predicted octanol–water partition coefficient (Wildman–Crippen LogP) is 4.66. The second-order valence-electron chi connectivity index (χ2n) is 7.74. The molecule has 1 N–H and O–H groups in total. The molecule has 0 saturated heterocycles. The Labute approximate surface area is 165 Å². The summed E-state index contributed by atoms with van der Waals surface area (Å²) < 4.78 is 6.14. The standard InChI is InChI=1S/C22H25ClN2O2/c1-3-20(25-22(26)14-4-6-15(23)7-5-14)21-18-11-17(12-19(18)21)27-16-8-9-24-13(2)10-16/h4-10,17-21H,3,11-12H2,1-2H3,(H,25,26)/t17?,18-,19-,20-,21?/m0/s1. The number of fused-ring (bicyclic) bond motifs is 1. The Morgan fingerprint density at radius 2 is 1.96 bits per heavy atom. The van der Waals surface area contributed by atoms with E-state index in [0.29, 0.717) is 28.3 Å². The van der Waals surface area contributed by atoms with Crippen molar-refractivity contribution >= 4 is 17.5 Å². The number of benzene rings is 1. The molecule has 3 atom stereocenters. The van der Waals surface area contributed by atoms with Gasteiger partial charge in [-0.25, -0.2) is 0 Å². The fourth-order valence-corrected chi connectivity index (χ4v) is 4.77. The quantitative estimate of drug-likeness (QED) is 0.788. The molecular weight excluding hydrogens is 360 g/mol. The van der Waals surface area contributed by atoms with Crippen LogP contribution in [0.2, 0.25) is 5.02 Å². The number of pyridine rings is 1. The van der Waals surface area contributed by atoms with Gasteiger partial charge >= 0.3 is 0 Å². The summed E-state index contributed by atoms with van der Waals surface area (Å²) in [4.78, 5) is 16.7. The third-order valence-electron chi connectivity index (χ3n) is 5.97. The molecular formula is C22H25ClN2O2. The van der Waals surface area contributed by atoms with Gasteiger partial charge in [0, 0.05) is 34.6 Å². The highest BCUT2D eigenvalue weighted by molar-refractivity contribution is 6.30. The minimum atomic E-state index is -0.0106. The SMILES string of the molecule is CC[C@H](NC(=O)c1ccc(Cl)cc1)C1[C@H]2CC(Oc3ccnc(C)c3)C[C@H]12. The minimum absolute atomic E-state index is 0.0106. The minimum Gasteiger partial charge on any atom is -0.490 e. The lowest BCUT2D eigenvalue weighted by molar-refractivity contribution is 0.0924. The van der Waals surface area contributed by atoms with Crippen LogP contribution in [0.4, 0.5) is 0 Å². The van der Waals surface area contributed by atoms with Gasteiger partial charge < -0.3 is 10.1 Å². The van der Waals surface area contributed by atoms with E-state index in [2.05, 4.69) is 17.2 Å². The van der Waals surface area contributed by atoms with Crippen molar-refractivity contribution in [3.63, 3.8) is 0 Å². The van der Waals surface area contributed by atoms with E-state index in [1.54, 1.807) is 30.5 Å². The van der Waals surface area contributed by atoms with E-state index in [0.717, 1.165) is 30.7 Å². The maximum Gasteiger partial charge on any atom is 0.251 e. The molecule has 2 aliphatic carbocycles. The molecule has 2 fully saturated rings. The Bertz CT molecular complexity index is 811. The summed E-state index contributed by atoms with van der Waals surface area (Å²) in [7, 11) is 0. The smallest absolute Gasteiger partial charge is 0.251 e. The molecule has 1 aromatic heterocycles. The molecule has 2 aliphatic rings. The van der Waals surface area contributed by atoms with Crippen LogP contribution in [0.15, 0.2) is 42.6 Å². The predicted molar refractivity (Wildman–Crippen MR) is 106 cm³/mol. The van der Waals surface area contributed by atoms with Crippen LogP contribution >= 0.6 is 11.6 Å². The van der Waals surface area contributed by atoms with E-state index in [1.807, 2.05) is 19.1 Å². The van der Waals surface area contributed by atoms with Gasteiger partial charge in [0.25, 0.3) is 5.91 Å². The van der Waals surface area contributed by atoms with Gasteiger partial charge in [-0.05, 0) is 74.3 Å². The van der Waals surface area contributed by atoms with Gasteiger partial charge in [0.15, 0.2) is 0 Å². The van der Waals surface area contributed by atoms with Gasteiger partial charge in [0.2, 0.25) is 0 Å². The van der Waals surface area contributed by atoms with Gasteiger partial charge in [-0.15, -0.1) is 0 Å². The fourth-order valence-electron chi connectivity index (χ4n) is 4.64. The monoisotopic (exact) mass is 384 g/mol. The molecule has 0 spiro atoms. The first-order chi connectivity index (χ1) is 13.0. The topological polar surface area (TPSA) is 51.2 Å². The summed E-state index contributed by atoms with van der Waals surface area (Å²) in [6.45, 7) is 4.12. The van der Waals surface area contributed by atoms with Crippen molar-refractivity contribution in [3.05, 3.63) is 58.9 Å². The normalized spacial score (nSPS) is 24.9. The number of rotatable bonds is 6. The van der Waals surface area contributed by atoms with Crippen LogP contribution in [0.5, 0.6) is 5.75 Å². The van der Waals surface area contributed by atoms with Crippen LogP contribution in [-0.4, -0.2) is 23.0 Å². The lowest BCUT2D eigenvalue weighted by Crippen LogP contribution is -2.37. The van der Waals surface area contributed by atoms with Crippen molar-refractivity contribution in [2.75, 3.05) is 0 Å². The van der Waals surface area contributed by atoms with E-state index in [4.69, 9.17) is 16.3 Å². The summed E-state index contributed by atoms with van der Waals surface area (Å²) >= 11 is 5.91. The molecule has 0 aliphatic heterocycles. The number of hydrogen-bond acceptors (Lipinski definition) is 3. The van der Waals surface area contributed by atoms with Crippen LogP contribution < -0.4 is 10.1 Å². The van der Waals surface area contributed by atoms with Crippen molar-refractivity contribution in [1.29, 1.82) is 0 Å². The van der Waals surface area contributed by atoms with Crippen LogP contribution in [0.3, 0.4) is 0 Å². The zero-order valence-corrected chi connectivity index (χ0v) is 16.4. The highest BCUT2D eigenvalue weighted by Crippen LogP contribution is 2.60. The number of aromatic nitrogens is 1. The molecule has 1 aromatic carbocycles. The number of nitrogens with one attached hydrogen (secondary N) is 1.